The van der Waals surface area contributed by atoms with Gasteiger partial charge in [0.1, 0.15) is 0 Å². The van der Waals surface area contributed by atoms with Gasteiger partial charge in [-0.05, 0) is 66.6 Å². The Labute approximate surface area is 200 Å². The Balaban J connectivity index is 1.36. The van der Waals surface area contributed by atoms with Crippen LogP contribution in [-0.2, 0) is 6.42 Å². The Morgan fingerprint density at radius 3 is 2.03 bits per heavy atom. The Kier molecular flexibility index (Phi) is 11.7. The molecule has 0 amide bonds. The van der Waals surface area contributed by atoms with Crippen LogP contribution < -0.4 is 0 Å². The lowest BCUT2D eigenvalue weighted by Crippen LogP contribution is -2.21. The first-order valence-corrected chi connectivity index (χ1v) is 14.3. The quantitative estimate of drug-likeness (QED) is 0.255. The molecule has 0 heterocycles. The van der Waals surface area contributed by atoms with Crippen molar-refractivity contribution in [3.63, 3.8) is 0 Å². The molecule has 3 rings (SSSR count). The molecule has 1 saturated carbocycles. The average molecular weight is 435 g/mol. The predicted molar refractivity (Wildman–Crippen MR) is 143 cm³/mol. The Morgan fingerprint density at radius 2 is 1.38 bits per heavy atom. The van der Waals surface area contributed by atoms with Gasteiger partial charge in [0.05, 0.1) is 0 Å². The summed E-state index contributed by atoms with van der Waals surface area (Å²) in [5.41, 5.74) is 4.35. The second-order valence-electron chi connectivity index (χ2n) is 10.8. The van der Waals surface area contributed by atoms with Crippen molar-refractivity contribution in [1.29, 1.82) is 0 Å². The van der Waals surface area contributed by atoms with Gasteiger partial charge >= 0.3 is 0 Å². The Morgan fingerprint density at radius 1 is 0.719 bits per heavy atom. The zero-order valence-electron chi connectivity index (χ0n) is 21.3. The molecule has 0 nitrogen and oxygen atoms in total. The van der Waals surface area contributed by atoms with Crippen LogP contribution in [0.5, 0.6) is 0 Å². The first kappa shape index (κ1) is 25.3. The Hall–Kier alpha value is -1.30. The normalized spacial score (nSPS) is 23.3. The van der Waals surface area contributed by atoms with Crippen molar-refractivity contribution in [3.8, 4) is 0 Å². The summed E-state index contributed by atoms with van der Waals surface area (Å²) in [6, 6.07) is 9.44. The maximum Gasteiger partial charge on any atom is -0.0167 e. The van der Waals surface area contributed by atoms with Gasteiger partial charge < -0.3 is 0 Å². The van der Waals surface area contributed by atoms with Crippen molar-refractivity contribution >= 4 is 5.57 Å². The fraction of sp³-hybridized carbons (Fsp3) is 0.688. The molecule has 1 aromatic rings. The van der Waals surface area contributed by atoms with Gasteiger partial charge in [-0.1, -0.05) is 133 Å². The van der Waals surface area contributed by atoms with Crippen molar-refractivity contribution in [2.45, 2.75) is 123 Å². The van der Waals surface area contributed by atoms with E-state index in [1.165, 1.54) is 126 Å². The zero-order valence-corrected chi connectivity index (χ0v) is 21.3. The van der Waals surface area contributed by atoms with Crippen LogP contribution in [0.25, 0.3) is 5.57 Å². The molecule has 0 radical (unpaired) electrons. The predicted octanol–water partition coefficient (Wildman–Crippen LogP) is 10.3. The number of unbranched alkanes of at least 4 members (excludes halogenated alkanes) is 8. The topological polar surface area (TPSA) is 0 Å². The maximum absolute atomic E-state index is 2.55. The summed E-state index contributed by atoms with van der Waals surface area (Å²) in [5, 5.41) is 0. The number of benzene rings is 1. The average Bonchev–Trinajstić information content (AvgIpc) is 2.85. The highest BCUT2D eigenvalue weighted by Crippen LogP contribution is 2.39. The van der Waals surface area contributed by atoms with Crippen LogP contribution in [-0.4, -0.2) is 0 Å². The molecule has 0 saturated heterocycles. The minimum absolute atomic E-state index is 0.784. The number of hydrogen-bond acceptors (Lipinski definition) is 0. The van der Waals surface area contributed by atoms with Crippen LogP contribution in [0.1, 0.15) is 128 Å². The van der Waals surface area contributed by atoms with E-state index < -0.39 is 0 Å². The third-order valence-electron chi connectivity index (χ3n) is 8.20. The fourth-order valence-corrected chi connectivity index (χ4v) is 5.94. The van der Waals surface area contributed by atoms with E-state index >= 15 is 0 Å². The molecule has 0 aliphatic heterocycles. The van der Waals surface area contributed by atoms with E-state index in [2.05, 4.69) is 56.3 Å². The fourth-order valence-electron chi connectivity index (χ4n) is 5.94. The first-order valence-electron chi connectivity index (χ1n) is 14.3. The second-order valence-corrected chi connectivity index (χ2v) is 10.8. The van der Waals surface area contributed by atoms with Gasteiger partial charge in [0.25, 0.3) is 0 Å². The third kappa shape index (κ3) is 8.57. The lowest BCUT2D eigenvalue weighted by molar-refractivity contribution is 0.218. The van der Waals surface area contributed by atoms with Crippen LogP contribution in [0.2, 0.25) is 0 Å². The number of allylic oxidation sites excluding steroid dienone is 4. The lowest BCUT2D eigenvalue weighted by Gasteiger charge is -2.33. The van der Waals surface area contributed by atoms with E-state index in [9.17, 15) is 0 Å². The van der Waals surface area contributed by atoms with Crippen LogP contribution >= 0.6 is 0 Å². The molecule has 1 fully saturated rings. The van der Waals surface area contributed by atoms with E-state index in [0.717, 1.165) is 17.8 Å². The van der Waals surface area contributed by atoms with Gasteiger partial charge in [-0.3, -0.25) is 0 Å². The SMILES string of the molecule is CCCCCCCCc1ccc(C2=CCC(C3CCC(CCCCCC)CC3)C=C2)cc1. The molecule has 1 atom stereocenters. The van der Waals surface area contributed by atoms with Crippen molar-refractivity contribution in [2.75, 3.05) is 0 Å². The summed E-state index contributed by atoms with van der Waals surface area (Å²) < 4.78 is 0. The molecule has 0 bridgehead atoms. The molecule has 0 heteroatoms. The zero-order chi connectivity index (χ0) is 22.4. The van der Waals surface area contributed by atoms with Gasteiger partial charge in [-0.25, -0.2) is 0 Å². The largest absolute Gasteiger partial charge is 0.0802 e. The molecule has 0 N–H and O–H groups in total. The minimum atomic E-state index is 0.784. The highest BCUT2D eigenvalue weighted by Gasteiger charge is 2.26. The Bertz CT molecular complexity index is 668. The molecule has 0 aromatic heterocycles. The van der Waals surface area contributed by atoms with Gasteiger partial charge in [-0.2, -0.15) is 0 Å². The number of aryl methyl sites for hydroxylation is 1. The standard InChI is InChI=1S/C32H50/c1-3-5-7-9-10-12-14-28-17-21-30(22-18-28)32-25-23-31(24-26-32)29-19-15-27(16-20-29)13-11-8-6-4-2/h17-18,21-23,25-27,29,31H,3-16,19-20,24H2,1-2H3. The summed E-state index contributed by atoms with van der Waals surface area (Å²) in [7, 11) is 0. The highest BCUT2D eigenvalue weighted by molar-refractivity contribution is 5.75. The summed E-state index contributed by atoms with van der Waals surface area (Å²) >= 11 is 0. The van der Waals surface area contributed by atoms with E-state index in [0.29, 0.717) is 0 Å². The summed E-state index contributed by atoms with van der Waals surface area (Å²) in [5.74, 6) is 2.74. The van der Waals surface area contributed by atoms with Crippen LogP contribution in [0, 0.1) is 17.8 Å². The summed E-state index contributed by atoms with van der Waals surface area (Å²) in [6.07, 6.45) is 31.4. The lowest BCUT2D eigenvalue weighted by atomic mass is 9.72. The summed E-state index contributed by atoms with van der Waals surface area (Å²) in [4.78, 5) is 0. The molecule has 1 aromatic carbocycles. The van der Waals surface area contributed by atoms with Crippen LogP contribution in [0.3, 0.4) is 0 Å². The van der Waals surface area contributed by atoms with Crippen LogP contribution in [0.15, 0.2) is 42.5 Å². The molecule has 1 unspecified atom stereocenters. The molecular weight excluding hydrogens is 384 g/mol. The van der Waals surface area contributed by atoms with E-state index in [1.807, 2.05) is 0 Å². The van der Waals surface area contributed by atoms with Gasteiger partial charge in [0, 0.05) is 0 Å². The minimum Gasteiger partial charge on any atom is -0.0802 e. The van der Waals surface area contributed by atoms with Crippen molar-refractivity contribution in [3.05, 3.63) is 53.6 Å². The first-order chi connectivity index (χ1) is 15.8. The van der Waals surface area contributed by atoms with Gasteiger partial charge in [-0.15, -0.1) is 0 Å². The van der Waals surface area contributed by atoms with Crippen molar-refractivity contribution in [2.24, 2.45) is 17.8 Å². The number of rotatable bonds is 14. The maximum atomic E-state index is 2.55. The smallest absolute Gasteiger partial charge is 0.0167 e. The van der Waals surface area contributed by atoms with E-state index in [-0.39, 0.29) is 0 Å². The monoisotopic (exact) mass is 434 g/mol. The molecule has 178 valence electrons. The molecular formula is C32H50. The highest BCUT2D eigenvalue weighted by atomic mass is 14.3. The summed E-state index contributed by atoms with van der Waals surface area (Å²) in [6.45, 7) is 4.61. The second kappa shape index (κ2) is 14.8. The molecule has 0 spiro atoms. The van der Waals surface area contributed by atoms with Crippen molar-refractivity contribution in [1.82, 2.24) is 0 Å². The van der Waals surface area contributed by atoms with Gasteiger partial charge in [0.2, 0.25) is 0 Å². The number of hydrogen-bond donors (Lipinski definition) is 0. The van der Waals surface area contributed by atoms with Crippen molar-refractivity contribution < 1.29 is 0 Å². The molecule has 32 heavy (non-hydrogen) atoms. The molecule has 2 aliphatic carbocycles. The van der Waals surface area contributed by atoms with E-state index in [1.54, 1.807) is 0 Å². The van der Waals surface area contributed by atoms with Crippen LogP contribution in [0.4, 0.5) is 0 Å². The molecule has 2 aliphatic rings. The van der Waals surface area contributed by atoms with Gasteiger partial charge in [0.15, 0.2) is 0 Å². The third-order valence-corrected chi connectivity index (χ3v) is 8.20. The van der Waals surface area contributed by atoms with E-state index in [4.69, 9.17) is 0 Å².